The molecule has 0 fully saturated rings. The van der Waals surface area contributed by atoms with Crippen LogP contribution >= 0.6 is 0 Å². The number of anilines is 1. The molecule has 0 aromatic heterocycles. The number of isocyanates is 1. The molecule has 0 amide bonds. The molecule has 0 heterocycles. The third-order valence-corrected chi connectivity index (χ3v) is 9.88. The molecule has 1 aliphatic rings. The molecule has 0 radical (unpaired) electrons. The topological polar surface area (TPSA) is 73.6 Å². The number of carbonyl (C=O) groups is 1. The highest BCUT2D eigenvalue weighted by molar-refractivity contribution is 6.26. The number of fused-ring (bicyclic) bond motifs is 1. The standard InChI is InChI=1S/C44H68N2O.CHNO/c1-4-7-10-13-16-17-18-19-20-23-28-38-37-43(41-29-24-25-30-42(41)44(38)47)45-39-31-33-40(34-32-39)46(35-26-21-14-11-8-5-2)36-27-22-15-12-9-6-3;2-1-3/h24-25,29-34,37H,4-23,26-28,35-36H2,1-3H3;2H. The lowest BCUT2D eigenvalue weighted by Gasteiger charge is -2.25. The number of ketones is 1. The maximum atomic E-state index is 13.4. The van der Waals surface area contributed by atoms with Gasteiger partial charge in [0.05, 0.1) is 11.4 Å². The zero-order valence-electron chi connectivity index (χ0n) is 32.1. The minimum absolute atomic E-state index is 0.186. The van der Waals surface area contributed by atoms with Crippen molar-refractivity contribution in [2.75, 3.05) is 18.0 Å². The van der Waals surface area contributed by atoms with Crippen molar-refractivity contribution >= 4 is 28.9 Å². The van der Waals surface area contributed by atoms with Crippen LogP contribution < -0.4 is 4.90 Å². The van der Waals surface area contributed by atoms with E-state index in [0.29, 0.717) is 0 Å². The molecule has 276 valence electrons. The maximum absolute atomic E-state index is 13.4. The Labute approximate surface area is 306 Å². The second kappa shape index (κ2) is 28.4. The Kier molecular flexibility index (Phi) is 24.4. The summed E-state index contributed by atoms with van der Waals surface area (Å²) in [6, 6.07) is 16.9. The molecule has 0 atom stereocenters. The van der Waals surface area contributed by atoms with Gasteiger partial charge in [-0.3, -0.25) is 4.79 Å². The summed E-state index contributed by atoms with van der Waals surface area (Å²) in [6.45, 7) is 9.13. The van der Waals surface area contributed by atoms with E-state index in [1.54, 1.807) is 0 Å². The second-order valence-corrected chi connectivity index (χ2v) is 14.1. The molecule has 2 aromatic rings. The monoisotopic (exact) mass is 684 g/mol. The van der Waals surface area contributed by atoms with Crippen LogP contribution in [0, 0.1) is 5.41 Å². The number of carbonyl (C=O) groups excluding carboxylic acids is 2. The van der Waals surface area contributed by atoms with Crippen molar-refractivity contribution in [1.82, 2.24) is 0 Å². The zero-order chi connectivity index (χ0) is 36.1. The smallest absolute Gasteiger partial charge is 0.231 e. The van der Waals surface area contributed by atoms with Crippen molar-refractivity contribution in [2.45, 2.75) is 168 Å². The van der Waals surface area contributed by atoms with E-state index in [1.165, 1.54) is 141 Å². The molecular formula is C45H69N3O2. The van der Waals surface area contributed by atoms with Crippen LogP contribution in [0.3, 0.4) is 0 Å². The molecular weight excluding hydrogens is 615 g/mol. The van der Waals surface area contributed by atoms with Gasteiger partial charge in [0, 0.05) is 35.5 Å². The molecule has 0 unspecified atom stereocenters. The molecule has 50 heavy (non-hydrogen) atoms. The van der Waals surface area contributed by atoms with Gasteiger partial charge in [-0.15, -0.1) is 0 Å². The predicted octanol–water partition coefficient (Wildman–Crippen LogP) is 13.7. The fourth-order valence-corrected chi connectivity index (χ4v) is 6.88. The van der Waals surface area contributed by atoms with E-state index < -0.39 is 0 Å². The first-order chi connectivity index (χ1) is 24.6. The highest BCUT2D eigenvalue weighted by atomic mass is 16.1. The van der Waals surface area contributed by atoms with Crippen LogP contribution in [0.2, 0.25) is 0 Å². The van der Waals surface area contributed by atoms with Crippen LogP contribution in [0.15, 0.2) is 65.2 Å². The molecule has 0 bridgehead atoms. The average molecular weight is 684 g/mol. The van der Waals surface area contributed by atoms with Crippen LogP contribution in [0.1, 0.15) is 184 Å². The molecule has 0 saturated carbocycles. The Morgan fingerprint density at radius 1 is 0.580 bits per heavy atom. The number of Topliss-reactive ketones (excluding diaryl/α,β-unsaturated/α-hetero) is 1. The number of nitrogens with zero attached hydrogens (tertiary/aromatic N) is 2. The molecule has 0 saturated heterocycles. The van der Waals surface area contributed by atoms with Crippen LogP contribution in [0.4, 0.5) is 11.4 Å². The third-order valence-electron chi connectivity index (χ3n) is 9.88. The highest BCUT2D eigenvalue weighted by Gasteiger charge is 2.23. The van der Waals surface area contributed by atoms with Gasteiger partial charge >= 0.3 is 0 Å². The molecule has 3 rings (SSSR count). The minimum Gasteiger partial charge on any atom is -0.372 e. The van der Waals surface area contributed by atoms with Crippen LogP contribution in [-0.2, 0) is 4.79 Å². The van der Waals surface area contributed by atoms with Gasteiger partial charge in [0.2, 0.25) is 6.08 Å². The quantitative estimate of drug-likeness (QED) is 0.0578. The number of nitrogens with one attached hydrogen (secondary N) is 1. The summed E-state index contributed by atoms with van der Waals surface area (Å²) < 4.78 is 0. The summed E-state index contributed by atoms with van der Waals surface area (Å²) in [5.74, 6) is 0.186. The number of aliphatic imine (C=N–C) groups is 1. The Morgan fingerprint density at radius 3 is 1.48 bits per heavy atom. The van der Waals surface area contributed by atoms with Gasteiger partial charge in [-0.2, -0.15) is 0 Å². The lowest BCUT2D eigenvalue weighted by molar-refractivity contribution is 0.102. The van der Waals surface area contributed by atoms with Gasteiger partial charge in [0.1, 0.15) is 0 Å². The van der Waals surface area contributed by atoms with Gasteiger partial charge in [0.15, 0.2) is 5.78 Å². The molecule has 0 aliphatic heterocycles. The van der Waals surface area contributed by atoms with Gasteiger partial charge in [0.25, 0.3) is 0 Å². The van der Waals surface area contributed by atoms with Crippen LogP contribution in [0.5, 0.6) is 0 Å². The van der Waals surface area contributed by atoms with Crippen molar-refractivity contribution < 1.29 is 9.59 Å². The number of unbranched alkanes of at least 4 members (excludes halogenated alkanes) is 19. The van der Waals surface area contributed by atoms with Gasteiger partial charge < -0.3 is 4.90 Å². The Bertz CT molecular complexity index is 1260. The van der Waals surface area contributed by atoms with Gasteiger partial charge in [-0.25, -0.2) is 15.2 Å². The van der Waals surface area contributed by atoms with Crippen molar-refractivity contribution in [2.24, 2.45) is 4.99 Å². The number of allylic oxidation sites excluding steroid dienone is 2. The number of benzene rings is 2. The summed E-state index contributed by atoms with van der Waals surface area (Å²) in [6.07, 6.45) is 32.7. The molecule has 2 aromatic carbocycles. The SMILES string of the molecule is CCCCCCCCCCCCC1=CC(=Nc2ccc(N(CCCCCCCC)CCCCCCCC)cc2)c2ccccc2C1=O.N=C=O. The Balaban J connectivity index is 0.00000278. The van der Waals surface area contributed by atoms with Crippen molar-refractivity contribution in [3.05, 3.63) is 71.3 Å². The molecule has 1 N–H and O–H groups in total. The van der Waals surface area contributed by atoms with E-state index in [4.69, 9.17) is 15.2 Å². The third kappa shape index (κ3) is 17.6. The van der Waals surface area contributed by atoms with E-state index in [-0.39, 0.29) is 5.78 Å². The van der Waals surface area contributed by atoms with E-state index in [2.05, 4.69) is 62.1 Å². The maximum Gasteiger partial charge on any atom is 0.231 e. The predicted molar refractivity (Wildman–Crippen MR) is 215 cm³/mol. The van der Waals surface area contributed by atoms with Crippen molar-refractivity contribution in [1.29, 1.82) is 5.41 Å². The van der Waals surface area contributed by atoms with Gasteiger partial charge in [-0.1, -0.05) is 167 Å². The normalized spacial score (nSPS) is 13.0. The number of hydrogen-bond acceptors (Lipinski definition) is 5. The lowest BCUT2D eigenvalue weighted by atomic mass is 9.86. The minimum atomic E-state index is 0.186. The van der Waals surface area contributed by atoms with E-state index in [9.17, 15) is 4.79 Å². The van der Waals surface area contributed by atoms with Crippen LogP contribution in [0.25, 0.3) is 0 Å². The average Bonchev–Trinajstić information content (AvgIpc) is 3.13. The van der Waals surface area contributed by atoms with E-state index in [0.717, 1.165) is 60.1 Å². The number of rotatable bonds is 27. The summed E-state index contributed by atoms with van der Waals surface area (Å²) >= 11 is 0. The first-order valence-corrected chi connectivity index (χ1v) is 20.4. The largest absolute Gasteiger partial charge is 0.372 e. The van der Waals surface area contributed by atoms with Crippen LogP contribution in [-0.4, -0.2) is 30.7 Å². The Hall–Kier alpha value is -3.30. The van der Waals surface area contributed by atoms with E-state index in [1.807, 2.05) is 18.2 Å². The zero-order valence-corrected chi connectivity index (χ0v) is 32.1. The number of hydrogen-bond donors (Lipinski definition) is 1. The summed E-state index contributed by atoms with van der Waals surface area (Å²) in [7, 11) is 0. The molecule has 1 aliphatic carbocycles. The molecule has 0 spiro atoms. The highest BCUT2D eigenvalue weighted by Crippen LogP contribution is 2.28. The molecule has 5 nitrogen and oxygen atoms in total. The molecule has 5 heteroatoms. The summed E-state index contributed by atoms with van der Waals surface area (Å²) in [4.78, 5) is 29.5. The van der Waals surface area contributed by atoms with Gasteiger partial charge in [-0.05, 0) is 56.0 Å². The first-order valence-electron chi connectivity index (χ1n) is 20.4. The van der Waals surface area contributed by atoms with Crippen molar-refractivity contribution in [3.63, 3.8) is 0 Å². The van der Waals surface area contributed by atoms with Crippen molar-refractivity contribution in [3.8, 4) is 0 Å². The Morgan fingerprint density at radius 2 is 1.00 bits per heavy atom. The van der Waals surface area contributed by atoms with E-state index >= 15 is 0 Å². The lowest BCUT2D eigenvalue weighted by Crippen LogP contribution is -2.25. The first kappa shape index (κ1) is 42.9. The summed E-state index contributed by atoms with van der Waals surface area (Å²) in [5, 5.41) is 5.40. The second-order valence-electron chi connectivity index (χ2n) is 14.1. The fourth-order valence-electron chi connectivity index (χ4n) is 6.88. The fraction of sp³-hybridized carbons (Fsp3) is 0.622. The summed E-state index contributed by atoms with van der Waals surface area (Å²) in [5.41, 5.74) is 5.88.